The summed E-state index contributed by atoms with van der Waals surface area (Å²) in [6, 6.07) is 19.3. The molecule has 0 heterocycles. The monoisotopic (exact) mass is 376 g/mol. The van der Waals surface area contributed by atoms with Crippen molar-refractivity contribution >= 4 is 5.97 Å². The number of carboxylic acids is 1. The van der Waals surface area contributed by atoms with E-state index < -0.39 is 5.97 Å². The van der Waals surface area contributed by atoms with Gasteiger partial charge in [-0.3, -0.25) is 4.79 Å². The molecule has 0 saturated heterocycles. The maximum absolute atomic E-state index is 11.2. The number of aromatic hydroxyl groups is 1. The third kappa shape index (κ3) is 4.59. The third-order valence-electron chi connectivity index (χ3n) is 4.82. The lowest BCUT2D eigenvalue weighted by atomic mass is 9.90. The minimum Gasteiger partial charge on any atom is -0.508 e. The molecule has 0 aliphatic rings. The fourth-order valence-corrected chi connectivity index (χ4v) is 3.49. The fraction of sp³-hybridized carbons (Fsp3) is 0.208. The highest BCUT2D eigenvalue weighted by Gasteiger charge is 2.12. The highest BCUT2D eigenvalue weighted by Crippen LogP contribution is 2.33. The maximum atomic E-state index is 11.2. The molecule has 0 atom stereocenters. The van der Waals surface area contributed by atoms with E-state index in [0.29, 0.717) is 12.8 Å². The van der Waals surface area contributed by atoms with Crippen LogP contribution in [-0.4, -0.2) is 27.9 Å². The van der Waals surface area contributed by atoms with Gasteiger partial charge in [0.2, 0.25) is 0 Å². The number of aliphatic hydroxyl groups is 1. The topological polar surface area (TPSA) is 77.8 Å². The van der Waals surface area contributed by atoms with Gasteiger partial charge in [-0.15, -0.1) is 0 Å². The molecule has 3 N–H and O–H groups in total. The Hall–Kier alpha value is -3.11. The van der Waals surface area contributed by atoms with E-state index in [4.69, 9.17) is 5.11 Å². The van der Waals surface area contributed by atoms with Crippen molar-refractivity contribution in [2.45, 2.75) is 26.2 Å². The molecule has 3 aromatic carbocycles. The van der Waals surface area contributed by atoms with Gasteiger partial charge in [0.25, 0.3) is 0 Å². The van der Waals surface area contributed by atoms with E-state index in [1.54, 1.807) is 12.1 Å². The summed E-state index contributed by atoms with van der Waals surface area (Å²) in [6.07, 6.45) is 0.926. The number of aliphatic carboxylic acids is 1. The van der Waals surface area contributed by atoms with E-state index in [2.05, 4.69) is 6.07 Å². The molecule has 0 amide bonds. The van der Waals surface area contributed by atoms with Gasteiger partial charge in [0.1, 0.15) is 5.75 Å². The lowest BCUT2D eigenvalue weighted by Crippen LogP contribution is -2.00. The van der Waals surface area contributed by atoms with Gasteiger partial charge in [-0.2, -0.15) is 0 Å². The van der Waals surface area contributed by atoms with Crippen LogP contribution in [0.4, 0.5) is 0 Å². The van der Waals surface area contributed by atoms with Gasteiger partial charge in [0, 0.05) is 13.0 Å². The quantitative estimate of drug-likeness (QED) is 0.564. The molecule has 0 bridgehead atoms. The number of carboxylic acid groups (broad SMARTS) is 1. The van der Waals surface area contributed by atoms with Crippen molar-refractivity contribution in [3.63, 3.8) is 0 Å². The summed E-state index contributed by atoms with van der Waals surface area (Å²) in [5, 5.41) is 28.3. The van der Waals surface area contributed by atoms with Crippen LogP contribution < -0.4 is 0 Å². The van der Waals surface area contributed by atoms with E-state index in [-0.39, 0.29) is 18.8 Å². The second-order valence-corrected chi connectivity index (χ2v) is 6.95. The molecule has 0 fully saturated rings. The zero-order chi connectivity index (χ0) is 20.1. The van der Waals surface area contributed by atoms with Crippen molar-refractivity contribution in [1.29, 1.82) is 0 Å². The van der Waals surface area contributed by atoms with Crippen LogP contribution in [0.2, 0.25) is 0 Å². The van der Waals surface area contributed by atoms with Crippen LogP contribution in [0.5, 0.6) is 5.75 Å². The first kappa shape index (κ1) is 19.6. The molecule has 0 aliphatic heterocycles. The van der Waals surface area contributed by atoms with Crippen LogP contribution in [0.15, 0.2) is 60.7 Å². The number of hydrogen-bond donors (Lipinski definition) is 3. The van der Waals surface area contributed by atoms with Crippen molar-refractivity contribution in [1.82, 2.24) is 0 Å². The number of hydrogen-bond acceptors (Lipinski definition) is 3. The summed E-state index contributed by atoms with van der Waals surface area (Å²) >= 11 is 0. The van der Waals surface area contributed by atoms with E-state index >= 15 is 0 Å². The number of phenolic OH excluding ortho intramolecular Hbond substituents is 1. The number of aryl methyl sites for hydroxylation is 2. The van der Waals surface area contributed by atoms with Crippen LogP contribution in [0, 0.1) is 6.92 Å². The molecular weight excluding hydrogens is 352 g/mol. The van der Waals surface area contributed by atoms with E-state index in [9.17, 15) is 15.0 Å². The minimum absolute atomic E-state index is 0.0102. The Balaban J connectivity index is 2.10. The molecule has 28 heavy (non-hydrogen) atoms. The Morgan fingerprint density at radius 2 is 1.54 bits per heavy atom. The Labute approximate surface area is 164 Å². The van der Waals surface area contributed by atoms with Crippen LogP contribution >= 0.6 is 0 Å². The SMILES string of the molecule is Cc1cccc(-c2ccc(-c3ccc(O)cc3CCO)cc2CCC(=O)O)c1. The molecule has 4 heteroatoms. The van der Waals surface area contributed by atoms with Crippen LogP contribution in [0.3, 0.4) is 0 Å². The zero-order valence-electron chi connectivity index (χ0n) is 15.9. The average molecular weight is 376 g/mol. The number of rotatable bonds is 7. The fourth-order valence-electron chi connectivity index (χ4n) is 3.49. The molecule has 0 aromatic heterocycles. The smallest absolute Gasteiger partial charge is 0.303 e. The molecule has 144 valence electrons. The first-order chi connectivity index (χ1) is 13.5. The van der Waals surface area contributed by atoms with Gasteiger partial charge in [-0.1, -0.05) is 54.1 Å². The van der Waals surface area contributed by atoms with Crippen molar-refractivity contribution in [2.75, 3.05) is 6.61 Å². The normalized spacial score (nSPS) is 10.8. The van der Waals surface area contributed by atoms with Crippen molar-refractivity contribution in [2.24, 2.45) is 0 Å². The lowest BCUT2D eigenvalue weighted by molar-refractivity contribution is -0.136. The van der Waals surface area contributed by atoms with Gasteiger partial charge in [0.15, 0.2) is 0 Å². The number of phenols is 1. The Morgan fingerprint density at radius 1 is 0.857 bits per heavy atom. The van der Waals surface area contributed by atoms with Gasteiger partial charge in [0.05, 0.1) is 0 Å². The second-order valence-electron chi connectivity index (χ2n) is 6.95. The van der Waals surface area contributed by atoms with Crippen LogP contribution in [0.25, 0.3) is 22.3 Å². The average Bonchev–Trinajstić information content (AvgIpc) is 2.66. The molecule has 0 saturated carbocycles. The standard InChI is InChI=1S/C24H24O4/c1-16-3-2-4-17(13-16)22-8-5-18(14-19(22)6-10-24(27)28)23-9-7-21(26)15-20(23)11-12-25/h2-5,7-9,13-15,25-26H,6,10-12H2,1H3,(H,27,28). The highest BCUT2D eigenvalue weighted by atomic mass is 16.4. The first-order valence-corrected chi connectivity index (χ1v) is 9.33. The van der Waals surface area contributed by atoms with Crippen LogP contribution in [0.1, 0.15) is 23.1 Å². The number of aliphatic hydroxyl groups excluding tert-OH is 1. The summed E-state index contributed by atoms with van der Waals surface area (Å²) in [4.78, 5) is 11.2. The second kappa shape index (κ2) is 8.72. The number of carbonyl (C=O) groups is 1. The third-order valence-corrected chi connectivity index (χ3v) is 4.82. The largest absolute Gasteiger partial charge is 0.508 e. The minimum atomic E-state index is -0.828. The molecule has 0 radical (unpaired) electrons. The molecule has 4 nitrogen and oxygen atoms in total. The highest BCUT2D eigenvalue weighted by molar-refractivity contribution is 5.77. The Kier molecular flexibility index (Phi) is 6.12. The number of benzene rings is 3. The van der Waals surface area contributed by atoms with Crippen molar-refractivity contribution in [3.8, 4) is 28.0 Å². The van der Waals surface area contributed by atoms with Crippen molar-refractivity contribution in [3.05, 3.63) is 77.4 Å². The predicted octanol–water partition coefficient (Wildman–Crippen LogP) is 4.59. The molecular formula is C24H24O4. The summed E-state index contributed by atoms with van der Waals surface area (Å²) in [6.45, 7) is 2.02. The maximum Gasteiger partial charge on any atom is 0.303 e. The molecule has 0 aliphatic carbocycles. The summed E-state index contributed by atoms with van der Waals surface area (Å²) in [7, 11) is 0. The van der Waals surface area contributed by atoms with Gasteiger partial charge < -0.3 is 15.3 Å². The van der Waals surface area contributed by atoms with E-state index in [1.807, 2.05) is 49.4 Å². The lowest BCUT2D eigenvalue weighted by Gasteiger charge is -2.15. The van der Waals surface area contributed by atoms with Gasteiger partial charge >= 0.3 is 5.97 Å². The summed E-state index contributed by atoms with van der Waals surface area (Å²) < 4.78 is 0. The first-order valence-electron chi connectivity index (χ1n) is 9.33. The van der Waals surface area contributed by atoms with Gasteiger partial charge in [-0.05, 0) is 65.3 Å². The molecule has 3 aromatic rings. The van der Waals surface area contributed by atoms with E-state index in [1.165, 1.54) is 0 Å². The van der Waals surface area contributed by atoms with Crippen LogP contribution in [-0.2, 0) is 17.6 Å². The molecule has 0 spiro atoms. The molecule has 3 rings (SSSR count). The Bertz CT molecular complexity index is 992. The van der Waals surface area contributed by atoms with Gasteiger partial charge in [-0.25, -0.2) is 0 Å². The molecule has 0 unspecified atom stereocenters. The summed E-state index contributed by atoms with van der Waals surface area (Å²) in [5.41, 5.74) is 6.93. The zero-order valence-corrected chi connectivity index (χ0v) is 15.9. The summed E-state index contributed by atoms with van der Waals surface area (Å²) in [5.74, 6) is -0.666. The predicted molar refractivity (Wildman–Crippen MR) is 110 cm³/mol. The van der Waals surface area contributed by atoms with E-state index in [0.717, 1.165) is 38.9 Å². The Morgan fingerprint density at radius 3 is 2.21 bits per heavy atom. The van der Waals surface area contributed by atoms with Crippen molar-refractivity contribution < 1.29 is 20.1 Å².